The molecule has 0 aliphatic rings. The van der Waals surface area contributed by atoms with Gasteiger partial charge in [-0.05, 0) is 6.07 Å². The molecule has 4 nitrogen and oxygen atoms in total. The zero-order chi connectivity index (χ0) is 9.84. The summed E-state index contributed by atoms with van der Waals surface area (Å²) >= 11 is 0. The van der Waals surface area contributed by atoms with Crippen molar-refractivity contribution < 1.29 is 19.7 Å². The number of methoxy groups -OCH3 is 2. The normalized spacial score (nSPS) is 9.77. The molecular formula is C9H12O4. The Hall–Kier alpha value is -1.42. The summed E-state index contributed by atoms with van der Waals surface area (Å²) < 4.78 is 9.86. The van der Waals surface area contributed by atoms with E-state index in [4.69, 9.17) is 14.6 Å². The van der Waals surface area contributed by atoms with Crippen LogP contribution in [0.2, 0.25) is 0 Å². The Labute approximate surface area is 76.3 Å². The number of ether oxygens (including phenoxy) is 2. The highest BCUT2D eigenvalue weighted by Crippen LogP contribution is 2.33. The lowest BCUT2D eigenvalue weighted by Crippen LogP contribution is -1.93. The molecule has 1 aromatic rings. The minimum Gasteiger partial charge on any atom is -0.504 e. The van der Waals surface area contributed by atoms with Gasteiger partial charge in [0.15, 0.2) is 11.5 Å². The molecule has 0 atom stereocenters. The summed E-state index contributed by atoms with van der Waals surface area (Å²) in [5.74, 6) is 0.818. The van der Waals surface area contributed by atoms with Crippen LogP contribution in [0.3, 0.4) is 0 Å². The molecule has 0 saturated carbocycles. The number of hydrogen-bond acceptors (Lipinski definition) is 4. The van der Waals surface area contributed by atoms with Crippen LogP contribution in [0.15, 0.2) is 12.1 Å². The van der Waals surface area contributed by atoms with Crippen LogP contribution in [-0.2, 0) is 6.61 Å². The minimum absolute atomic E-state index is 0.00708. The van der Waals surface area contributed by atoms with E-state index in [9.17, 15) is 5.11 Å². The lowest BCUT2D eigenvalue weighted by atomic mass is 10.2. The second-order valence-electron chi connectivity index (χ2n) is 2.49. The van der Waals surface area contributed by atoms with E-state index >= 15 is 0 Å². The standard InChI is InChI=1S/C9H12O4/c1-12-8-4-9(13-2)7(11)3-6(8)5-10/h3-4,10-11H,5H2,1-2H3. The molecule has 0 heterocycles. The third-order valence-electron chi connectivity index (χ3n) is 1.75. The summed E-state index contributed by atoms with van der Waals surface area (Å²) in [6, 6.07) is 2.94. The molecule has 0 bridgehead atoms. The third-order valence-corrected chi connectivity index (χ3v) is 1.75. The second-order valence-corrected chi connectivity index (χ2v) is 2.49. The van der Waals surface area contributed by atoms with Gasteiger partial charge in [-0.2, -0.15) is 0 Å². The Morgan fingerprint density at radius 2 is 1.77 bits per heavy atom. The molecular weight excluding hydrogens is 172 g/mol. The van der Waals surface area contributed by atoms with Crippen molar-refractivity contribution in [1.82, 2.24) is 0 Å². The van der Waals surface area contributed by atoms with Gasteiger partial charge in [-0.1, -0.05) is 0 Å². The Kier molecular flexibility index (Phi) is 2.97. The van der Waals surface area contributed by atoms with Crippen LogP contribution in [0.1, 0.15) is 5.56 Å². The third kappa shape index (κ3) is 1.84. The lowest BCUT2D eigenvalue weighted by Gasteiger charge is -2.09. The zero-order valence-electron chi connectivity index (χ0n) is 7.57. The van der Waals surface area contributed by atoms with Gasteiger partial charge < -0.3 is 19.7 Å². The van der Waals surface area contributed by atoms with E-state index in [2.05, 4.69) is 0 Å². The minimum atomic E-state index is -0.180. The Bertz CT molecular complexity index is 296. The van der Waals surface area contributed by atoms with Crippen LogP contribution in [0.5, 0.6) is 17.2 Å². The van der Waals surface area contributed by atoms with Gasteiger partial charge in [-0.3, -0.25) is 0 Å². The van der Waals surface area contributed by atoms with Gasteiger partial charge in [0, 0.05) is 11.6 Å². The highest BCUT2D eigenvalue weighted by molar-refractivity contribution is 5.49. The highest BCUT2D eigenvalue weighted by atomic mass is 16.5. The first-order chi connectivity index (χ1) is 6.22. The van der Waals surface area contributed by atoms with Gasteiger partial charge in [0.1, 0.15) is 5.75 Å². The number of rotatable bonds is 3. The molecule has 0 amide bonds. The number of aromatic hydroxyl groups is 1. The van der Waals surface area contributed by atoms with Crippen molar-refractivity contribution >= 4 is 0 Å². The predicted molar refractivity (Wildman–Crippen MR) is 47.1 cm³/mol. The lowest BCUT2D eigenvalue weighted by molar-refractivity contribution is 0.271. The molecule has 0 fully saturated rings. The largest absolute Gasteiger partial charge is 0.504 e. The molecule has 0 aliphatic carbocycles. The maximum atomic E-state index is 9.35. The van der Waals surface area contributed by atoms with Gasteiger partial charge in [0.25, 0.3) is 0 Å². The van der Waals surface area contributed by atoms with Gasteiger partial charge in [-0.25, -0.2) is 0 Å². The smallest absolute Gasteiger partial charge is 0.164 e. The fraction of sp³-hybridized carbons (Fsp3) is 0.333. The maximum Gasteiger partial charge on any atom is 0.164 e. The first-order valence-electron chi connectivity index (χ1n) is 3.77. The SMILES string of the molecule is COc1cc(OC)c(CO)cc1O. The van der Waals surface area contributed by atoms with E-state index in [-0.39, 0.29) is 12.4 Å². The van der Waals surface area contributed by atoms with E-state index < -0.39 is 0 Å². The second kappa shape index (κ2) is 4.00. The van der Waals surface area contributed by atoms with Crippen LogP contribution in [0.25, 0.3) is 0 Å². The fourth-order valence-electron chi connectivity index (χ4n) is 1.07. The molecule has 0 radical (unpaired) electrons. The zero-order valence-corrected chi connectivity index (χ0v) is 7.57. The van der Waals surface area contributed by atoms with Crippen LogP contribution >= 0.6 is 0 Å². The quantitative estimate of drug-likeness (QED) is 0.732. The summed E-state index contributed by atoms with van der Waals surface area (Å²) in [6.07, 6.45) is 0. The molecule has 13 heavy (non-hydrogen) atoms. The first kappa shape index (κ1) is 9.67. The highest BCUT2D eigenvalue weighted by Gasteiger charge is 2.08. The molecule has 0 unspecified atom stereocenters. The van der Waals surface area contributed by atoms with E-state index in [1.165, 1.54) is 26.4 Å². The van der Waals surface area contributed by atoms with Crippen LogP contribution in [-0.4, -0.2) is 24.4 Å². The Morgan fingerprint density at radius 1 is 1.15 bits per heavy atom. The van der Waals surface area contributed by atoms with Crippen LogP contribution in [0.4, 0.5) is 0 Å². The Balaban J connectivity index is 3.18. The van der Waals surface area contributed by atoms with Crippen molar-refractivity contribution in [2.24, 2.45) is 0 Å². The van der Waals surface area contributed by atoms with E-state index in [1.807, 2.05) is 0 Å². The maximum absolute atomic E-state index is 9.35. The van der Waals surface area contributed by atoms with Crippen LogP contribution < -0.4 is 9.47 Å². The number of benzene rings is 1. The topological polar surface area (TPSA) is 58.9 Å². The number of phenols is 1. The van der Waals surface area contributed by atoms with Crippen molar-refractivity contribution in [2.45, 2.75) is 6.61 Å². The van der Waals surface area contributed by atoms with Crippen molar-refractivity contribution in [3.63, 3.8) is 0 Å². The average molecular weight is 184 g/mol. The summed E-state index contributed by atoms with van der Waals surface area (Å²) in [5.41, 5.74) is 0.529. The fourth-order valence-corrected chi connectivity index (χ4v) is 1.07. The van der Waals surface area contributed by atoms with Gasteiger partial charge in [-0.15, -0.1) is 0 Å². The molecule has 0 aromatic heterocycles. The summed E-state index contributed by atoms with van der Waals surface area (Å²) in [6.45, 7) is -0.180. The molecule has 1 rings (SSSR count). The van der Waals surface area contributed by atoms with Gasteiger partial charge >= 0.3 is 0 Å². The van der Waals surface area contributed by atoms with E-state index in [0.717, 1.165) is 0 Å². The first-order valence-corrected chi connectivity index (χ1v) is 3.77. The van der Waals surface area contributed by atoms with Gasteiger partial charge in [0.2, 0.25) is 0 Å². The summed E-state index contributed by atoms with van der Waals surface area (Å²) in [4.78, 5) is 0. The predicted octanol–water partition coefficient (Wildman–Crippen LogP) is 0.902. The molecule has 72 valence electrons. The number of aliphatic hydroxyl groups is 1. The Morgan fingerprint density at radius 3 is 2.23 bits per heavy atom. The van der Waals surface area contributed by atoms with Crippen molar-refractivity contribution in [1.29, 1.82) is 0 Å². The molecule has 0 spiro atoms. The molecule has 0 aliphatic heterocycles. The van der Waals surface area contributed by atoms with E-state index in [0.29, 0.717) is 17.1 Å². The van der Waals surface area contributed by atoms with Crippen molar-refractivity contribution in [3.8, 4) is 17.2 Å². The molecule has 1 aromatic carbocycles. The van der Waals surface area contributed by atoms with Crippen molar-refractivity contribution in [3.05, 3.63) is 17.7 Å². The van der Waals surface area contributed by atoms with Crippen molar-refractivity contribution in [2.75, 3.05) is 14.2 Å². The monoisotopic (exact) mass is 184 g/mol. The van der Waals surface area contributed by atoms with Gasteiger partial charge in [0.05, 0.1) is 20.8 Å². The molecule has 2 N–H and O–H groups in total. The summed E-state index contributed by atoms with van der Waals surface area (Å²) in [7, 11) is 2.94. The van der Waals surface area contributed by atoms with E-state index in [1.54, 1.807) is 0 Å². The average Bonchev–Trinajstić information content (AvgIpc) is 2.17. The van der Waals surface area contributed by atoms with Crippen LogP contribution in [0, 0.1) is 0 Å². The summed E-state index contributed by atoms with van der Waals surface area (Å²) in [5, 5.41) is 18.3. The molecule has 0 saturated heterocycles. The number of hydrogen-bond donors (Lipinski definition) is 2. The number of aliphatic hydroxyl groups excluding tert-OH is 1. The number of phenolic OH excluding ortho intramolecular Hbond substituents is 1. The molecule has 4 heteroatoms.